The van der Waals surface area contributed by atoms with E-state index in [9.17, 15) is 0 Å². The maximum atomic E-state index is 5.34. The van der Waals surface area contributed by atoms with E-state index < -0.39 is 5.41 Å². The van der Waals surface area contributed by atoms with E-state index in [-0.39, 0.29) is 0 Å². The zero-order chi connectivity index (χ0) is 36.2. The summed E-state index contributed by atoms with van der Waals surface area (Å²) in [6.45, 7) is 6.54. The van der Waals surface area contributed by atoms with Gasteiger partial charge in [0.05, 0.1) is 11.1 Å². The third kappa shape index (κ3) is 4.95. The van der Waals surface area contributed by atoms with Gasteiger partial charge in [-0.2, -0.15) is 0 Å². The van der Waals surface area contributed by atoms with Gasteiger partial charge in [0.15, 0.2) is 5.84 Å². The Morgan fingerprint density at radius 2 is 0.907 bits per heavy atom. The summed E-state index contributed by atoms with van der Waals surface area (Å²) in [4.78, 5) is 10.5. The molecule has 0 amide bonds. The van der Waals surface area contributed by atoms with Crippen LogP contribution in [-0.4, -0.2) is 11.5 Å². The topological polar surface area (TPSA) is 24.7 Å². The van der Waals surface area contributed by atoms with E-state index in [0.717, 1.165) is 33.4 Å². The van der Waals surface area contributed by atoms with E-state index in [1.807, 2.05) is 6.07 Å². The minimum atomic E-state index is -0.412. The van der Waals surface area contributed by atoms with Crippen LogP contribution in [0.4, 0.5) is 0 Å². The zero-order valence-corrected chi connectivity index (χ0v) is 30.0. The minimum absolute atomic E-state index is 0.412. The Hall–Kier alpha value is -6.90. The van der Waals surface area contributed by atoms with Crippen LogP contribution in [0.2, 0.25) is 0 Å². The van der Waals surface area contributed by atoms with Crippen LogP contribution in [0.5, 0.6) is 0 Å². The summed E-state index contributed by atoms with van der Waals surface area (Å²) in [5, 5.41) is 2.32. The SMILES string of the molecule is C=C(/N=C(\N=C(/C)c1ccc2c(c1)C1(c3ccccc3-c3ccccc31)c1ccccc1-2)c1ccc2ccccc2c1)c1ccc(-c2ccccc2)cc1. The average Bonchev–Trinajstić information content (AvgIpc) is 3.71. The predicted molar refractivity (Wildman–Crippen MR) is 226 cm³/mol. The van der Waals surface area contributed by atoms with Crippen molar-refractivity contribution < 1.29 is 0 Å². The fraction of sp³-hybridized carbons (Fsp3) is 0.0385. The van der Waals surface area contributed by atoms with Gasteiger partial charge in [-0.1, -0.05) is 183 Å². The molecule has 2 aliphatic carbocycles. The lowest BCUT2D eigenvalue weighted by atomic mass is 9.70. The third-order valence-electron chi connectivity index (χ3n) is 11.3. The van der Waals surface area contributed by atoms with Crippen LogP contribution in [-0.2, 0) is 5.41 Å². The normalized spacial score (nSPS) is 13.7. The second kappa shape index (κ2) is 12.6. The molecule has 0 saturated carbocycles. The van der Waals surface area contributed by atoms with Crippen molar-refractivity contribution in [3.8, 4) is 33.4 Å². The van der Waals surface area contributed by atoms with Crippen molar-refractivity contribution in [2.75, 3.05) is 0 Å². The van der Waals surface area contributed by atoms with E-state index >= 15 is 0 Å². The molecule has 8 aromatic carbocycles. The molecule has 1 spiro atoms. The summed E-state index contributed by atoms with van der Waals surface area (Å²) in [5.74, 6) is 0.630. The molecule has 0 radical (unpaired) electrons. The van der Waals surface area contributed by atoms with Gasteiger partial charge in [-0.05, 0) is 96.6 Å². The Labute approximate surface area is 316 Å². The summed E-state index contributed by atoms with van der Waals surface area (Å²) >= 11 is 0. The van der Waals surface area contributed by atoms with E-state index in [0.29, 0.717) is 11.5 Å². The molecule has 0 bridgehead atoms. The maximum Gasteiger partial charge on any atom is 0.160 e. The maximum absolute atomic E-state index is 5.34. The van der Waals surface area contributed by atoms with Crippen LogP contribution >= 0.6 is 0 Å². The Morgan fingerprint density at radius 1 is 0.407 bits per heavy atom. The largest absolute Gasteiger partial charge is 0.233 e. The highest BCUT2D eigenvalue weighted by atomic mass is 14.9. The average molecular weight is 689 g/mol. The van der Waals surface area contributed by atoms with E-state index in [1.165, 1.54) is 55.5 Å². The Bertz CT molecular complexity index is 2780. The van der Waals surface area contributed by atoms with Gasteiger partial charge in [0.25, 0.3) is 0 Å². The smallest absolute Gasteiger partial charge is 0.160 e. The van der Waals surface area contributed by atoms with Crippen LogP contribution in [0.15, 0.2) is 205 Å². The number of aliphatic imine (C=N–C) groups is 2. The van der Waals surface area contributed by atoms with Gasteiger partial charge in [-0.15, -0.1) is 0 Å². The first kappa shape index (κ1) is 31.8. The number of rotatable bonds is 5. The zero-order valence-electron chi connectivity index (χ0n) is 30.0. The molecule has 2 heteroatoms. The molecule has 0 unspecified atom stereocenters. The molecular formula is C52H36N2. The van der Waals surface area contributed by atoms with Crippen molar-refractivity contribution in [2.24, 2.45) is 9.98 Å². The van der Waals surface area contributed by atoms with Gasteiger partial charge >= 0.3 is 0 Å². The van der Waals surface area contributed by atoms with Crippen molar-refractivity contribution in [2.45, 2.75) is 12.3 Å². The molecule has 0 atom stereocenters. The van der Waals surface area contributed by atoms with E-state index in [1.54, 1.807) is 0 Å². The van der Waals surface area contributed by atoms with E-state index in [2.05, 4.69) is 195 Å². The van der Waals surface area contributed by atoms with Crippen molar-refractivity contribution >= 4 is 28.0 Å². The monoisotopic (exact) mass is 688 g/mol. The number of amidine groups is 1. The highest BCUT2D eigenvalue weighted by Gasteiger charge is 2.51. The summed E-state index contributed by atoms with van der Waals surface area (Å²) in [7, 11) is 0. The fourth-order valence-electron chi connectivity index (χ4n) is 8.70. The first-order valence-electron chi connectivity index (χ1n) is 18.5. The van der Waals surface area contributed by atoms with Crippen LogP contribution in [0.1, 0.15) is 45.9 Å². The minimum Gasteiger partial charge on any atom is -0.233 e. The quantitative estimate of drug-likeness (QED) is 0.127. The lowest BCUT2D eigenvalue weighted by Gasteiger charge is -2.30. The summed E-state index contributed by atoms with van der Waals surface area (Å²) in [6.07, 6.45) is 0. The molecule has 0 heterocycles. The number of hydrogen-bond donors (Lipinski definition) is 0. The van der Waals surface area contributed by atoms with Crippen LogP contribution in [0, 0.1) is 0 Å². The molecule has 0 saturated heterocycles. The number of nitrogens with zero attached hydrogens (tertiary/aromatic N) is 2. The summed E-state index contributed by atoms with van der Waals surface area (Å²) in [5.41, 5.74) is 16.9. The molecule has 254 valence electrons. The molecule has 54 heavy (non-hydrogen) atoms. The molecule has 0 N–H and O–H groups in total. The van der Waals surface area contributed by atoms with Crippen LogP contribution in [0.25, 0.3) is 49.9 Å². The molecule has 0 aliphatic heterocycles. The molecule has 8 aromatic rings. The number of fused-ring (bicyclic) bond motifs is 11. The second-order valence-electron chi connectivity index (χ2n) is 14.2. The Balaban J connectivity index is 1.11. The van der Waals surface area contributed by atoms with Crippen molar-refractivity contribution in [3.63, 3.8) is 0 Å². The van der Waals surface area contributed by atoms with Gasteiger partial charge in [-0.25, -0.2) is 9.98 Å². The highest BCUT2D eigenvalue weighted by Crippen LogP contribution is 2.62. The molecule has 10 rings (SSSR count). The molecule has 2 aliphatic rings. The van der Waals surface area contributed by atoms with Crippen molar-refractivity contribution in [3.05, 3.63) is 234 Å². The van der Waals surface area contributed by atoms with Gasteiger partial charge in [0.1, 0.15) is 0 Å². The van der Waals surface area contributed by atoms with Gasteiger partial charge < -0.3 is 0 Å². The first-order valence-corrected chi connectivity index (χ1v) is 18.5. The van der Waals surface area contributed by atoms with Crippen molar-refractivity contribution in [1.29, 1.82) is 0 Å². The highest BCUT2D eigenvalue weighted by molar-refractivity contribution is 6.14. The molecule has 0 aromatic heterocycles. The summed E-state index contributed by atoms with van der Waals surface area (Å²) in [6, 6.07) is 67.4. The number of hydrogen-bond acceptors (Lipinski definition) is 1. The Morgan fingerprint density at radius 3 is 1.56 bits per heavy atom. The van der Waals surface area contributed by atoms with Crippen LogP contribution < -0.4 is 0 Å². The first-order chi connectivity index (χ1) is 26.6. The van der Waals surface area contributed by atoms with Gasteiger partial charge in [0, 0.05) is 11.3 Å². The van der Waals surface area contributed by atoms with Gasteiger partial charge in [-0.3, -0.25) is 0 Å². The number of benzene rings is 8. The predicted octanol–water partition coefficient (Wildman–Crippen LogP) is 12.8. The van der Waals surface area contributed by atoms with Gasteiger partial charge in [0.2, 0.25) is 0 Å². The molecular weight excluding hydrogens is 653 g/mol. The summed E-state index contributed by atoms with van der Waals surface area (Å²) < 4.78 is 0. The van der Waals surface area contributed by atoms with Crippen molar-refractivity contribution in [1.82, 2.24) is 0 Å². The molecule has 0 fully saturated rings. The lowest BCUT2D eigenvalue weighted by Crippen LogP contribution is -2.26. The third-order valence-corrected chi connectivity index (χ3v) is 11.3. The molecule has 2 nitrogen and oxygen atoms in total. The Kier molecular flexibility index (Phi) is 7.45. The second-order valence-corrected chi connectivity index (χ2v) is 14.2. The lowest BCUT2D eigenvalue weighted by molar-refractivity contribution is 0.793. The fourth-order valence-corrected chi connectivity index (χ4v) is 8.70. The standard InChI is InChI=1S/C52H36N2/c1-34(36-24-26-39(27-25-36)37-14-4-3-5-15-37)53-51(42-29-28-38-16-6-7-17-41(38)32-42)54-35(2)40-30-31-46-45-20-10-13-23-49(45)52(50(46)33-40)47-21-11-8-18-43(47)44-19-9-12-22-48(44)52/h3-33H,1H2,2H3/b53-51-,54-35+. The van der Waals surface area contributed by atoms with E-state index in [4.69, 9.17) is 9.98 Å². The van der Waals surface area contributed by atoms with Crippen LogP contribution in [0.3, 0.4) is 0 Å².